The van der Waals surface area contributed by atoms with Crippen LogP contribution in [-0.2, 0) is 19.1 Å². The smallest absolute Gasteiger partial charge is 0.334 e. The van der Waals surface area contributed by atoms with E-state index >= 15 is 0 Å². The SMILES string of the molecule is O=C1OCC/C1=C\c1cccc(/C=C2\CCOC2=O)c1. The van der Waals surface area contributed by atoms with Crippen molar-refractivity contribution in [2.75, 3.05) is 13.2 Å². The predicted molar refractivity (Wildman–Crippen MR) is 73.5 cm³/mol. The first kappa shape index (κ1) is 12.7. The maximum Gasteiger partial charge on any atom is 0.334 e. The average molecular weight is 270 g/mol. The number of hydrogen-bond donors (Lipinski definition) is 0. The van der Waals surface area contributed by atoms with E-state index in [4.69, 9.17) is 9.47 Å². The lowest BCUT2D eigenvalue weighted by Crippen LogP contribution is -1.95. The number of carbonyl (C=O) groups is 2. The number of cyclic esters (lactones) is 2. The van der Waals surface area contributed by atoms with E-state index in [1.165, 1.54) is 0 Å². The minimum atomic E-state index is -0.242. The predicted octanol–water partition coefficient (Wildman–Crippen LogP) is 2.35. The summed E-state index contributed by atoms with van der Waals surface area (Å²) >= 11 is 0. The summed E-state index contributed by atoms with van der Waals surface area (Å²) in [7, 11) is 0. The first-order valence-corrected chi connectivity index (χ1v) is 6.58. The van der Waals surface area contributed by atoms with Crippen molar-refractivity contribution in [3.63, 3.8) is 0 Å². The van der Waals surface area contributed by atoms with Gasteiger partial charge in [0.1, 0.15) is 0 Å². The molecule has 0 spiro atoms. The Bertz CT molecular complexity index is 574. The topological polar surface area (TPSA) is 52.6 Å². The molecule has 1 aromatic rings. The molecular weight excluding hydrogens is 256 g/mol. The fraction of sp³-hybridized carbons (Fsp3) is 0.250. The van der Waals surface area contributed by atoms with Gasteiger partial charge in [-0.05, 0) is 29.3 Å². The van der Waals surface area contributed by atoms with Gasteiger partial charge in [0, 0.05) is 24.0 Å². The Morgan fingerprint density at radius 3 is 1.75 bits per heavy atom. The highest BCUT2D eigenvalue weighted by Gasteiger charge is 2.19. The van der Waals surface area contributed by atoms with E-state index in [2.05, 4.69) is 0 Å². The third-order valence-electron chi connectivity index (χ3n) is 3.33. The highest BCUT2D eigenvalue weighted by Crippen LogP contribution is 2.21. The lowest BCUT2D eigenvalue weighted by molar-refractivity contribution is -0.135. The van der Waals surface area contributed by atoms with Crippen LogP contribution in [0.2, 0.25) is 0 Å². The van der Waals surface area contributed by atoms with Crippen molar-refractivity contribution in [3.05, 3.63) is 46.5 Å². The molecule has 0 atom stereocenters. The molecular formula is C16H14O4. The van der Waals surface area contributed by atoms with Crippen molar-refractivity contribution in [3.8, 4) is 0 Å². The van der Waals surface area contributed by atoms with Gasteiger partial charge in [0.05, 0.1) is 13.2 Å². The summed E-state index contributed by atoms with van der Waals surface area (Å²) in [6, 6.07) is 7.69. The average Bonchev–Trinajstić information content (AvgIpc) is 3.01. The molecule has 4 nitrogen and oxygen atoms in total. The van der Waals surface area contributed by atoms with Gasteiger partial charge in [-0.2, -0.15) is 0 Å². The normalized spacial score (nSPS) is 22.4. The quantitative estimate of drug-likeness (QED) is 0.611. The summed E-state index contributed by atoms with van der Waals surface area (Å²) in [5.74, 6) is -0.485. The van der Waals surface area contributed by atoms with Crippen molar-refractivity contribution in [2.45, 2.75) is 12.8 Å². The van der Waals surface area contributed by atoms with Crippen LogP contribution in [0.4, 0.5) is 0 Å². The van der Waals surface area contributed by atoms with Crippen LogP contribution >= 0.6 is 0 Å². The molecule has 3 rings (SSSR count). The van der Waals surface area contributed by atoms with Gasteiger partial charge < -0.3 is 9.47 Å². The summed E-state index contributed by atoms with van der Waals surface area (Å²) < 4.78 is 9.82. The van der Waals surface area contributed by atoms with Crippen molar-refractivity contribution in [2.24, 2.45) is 0 Å². The molecule has 20 heavy (non-hydrogen) atoms. The number of esters is 2. The molecule has 0 bridgehead atoms. The Morgan fingerprint density at radius 2 is 1.35 bits per heavy atom. The second kappa shape index (κ2) is 5.33. The van der Waals surface area contributed by atoms with E-state index in [0.29, 0.717) is 37.2 Å². The summed E-state index contributed by atoms with van der Waals surface area (Å²) in [6.07, 6.45) is 4.97. The van der Waals surface area contributed by atoms with Gasteiger partial charge in [0.2, 0.25) is 0 Å². The van der Waals surface area contributed by atoms with Crippen LogP contribution < -0.4 is 0 Å². The zero-order chi connectivity index (χ0) is 13.9. The number of rotatable bonds is 2. The van der Waals surface area contributed by atoms with Crippen molar-refractivity contribution in [1.29, 1.82) is 0 Å². The first-order chi connectivity index (χ1) is 9.72. The molecule has 2 aliphatic rings. The zero-order valence-corrected chi connectivity index (χ0v) is 10.9. The fourth-order valence-electron chi connectivity index (χ4n) is 2.30. The van der Waals surface area contributed by atoms with Gasteiger partial charge in [0.25, 0.3) is 0 Å². The number of hydrogen-bond acceptors (Lipinski definition) is 4. The molecule has 0 aliphatic carbocycles. The van der Waals surface area contributed by atoms with Gasteiger partial charge >= 0.3 is 11.9 Å². The molecule has 2 fully saturated rings. The molecule has 4 heteroatoms. The highest BCUT2D eigenvalue weighted by atomic mass is 16.5. The third kappa shape index (κ3) is 2.64. The van der Waals surface area contributed by atoms with Crippen LogP contribution in [0.15, 0.2) is 35.4 Å². The van der Waals surface area contributed by atoms with E-state index < -0.39 is 0 Å². The standard InChI is InChI=1S/C16H14O4/c17-15-13(4-6-19-15)9-11-2-1-3-12(8-11)10-14-5-7-20-16(14)18/h1-3,8-10H,4-7H2/b13-9+,14-10+. The largest absolute Gasteiger partial charge is 0.462 e. The minimum Gasteiger partial charge on any atom is -0.462 e. The van der Waals surface area contributed by atoms with Crippen molar-refractivity contribution >= 4 is 24.1 Å². The van der Waals surface area contributed by atoms with Gasteiger partial charge in [-0.3, -0.25) is 0 Å². The molecule has 2 aliphatic heterocycles. The fourth-order valence-corrected chi connectivity index (χ4v) is 2.30. The van der Waals surface area contributed by atoms with Crippen molar-refractivity contribution in [1.82, 2.24) is 0 Å². The Labute approximate surface area is 116 Å². The molecule has 1 aromatic carbocycles. The molecule has 102 valence electrons. The maximum atomic E-state index is 11.4. The molecule has 0 unspecified atom stereocenters. The summed E-state index contributed by atoms with van der Waals surface area (Å²) in [6.45, 7) is 0.917. The molecule has 0 radical (unpaired) electrons. The summed E-state index contributed by atoms with van der Waals surface area (Å²) in [4.78, 5) is 22.8. The lowest BCUT2D eigenvalue weighted by Gasteiger charge is -1.99. The molecule has 0 N–H and O–H groups in total. The van der Waals surface area contributed by atoms with E-state index in [1.54, 1.807) is 0 Å². The van der Waals surface area contributed by atoms with Crippen LogP contribution in [0.3, 0.4) is 0 Å². The van der Waals surface area contributed by atoms with E-state index in [-0.39, 0.29) is 11.9 Å². The van der Waals surface area contributed by atoms with Crippen LogP contribution in [-0.4, -0.2) is 25.2 Å². The molecule has 2 saturated heterocycles. The van der Waals surface area contributed by atoms with Crippen molar-refractivity contribution < 1.29 is 19.1 Å². The Kier molecular flexibility index (Phi) is 3.37. The Hall–Kier alpha value is -2.36. The zero-order valence-electron chi connectivity index (χ0n) is 10.9. The van der Waals surface area contributed by atoms with Gasteiger partial charge in [-0.15, -0.1) is 0 Å². The van der Waals surface area contributed by atoms with E-state index in [1.807, 2.05) is 36.4 Å². The first-order valence-electron chi connectivity index (χ1n) is 6.58. The molecule has 2 heterocycles. The van der Waals surface area contributed by atoms with Gasteiger partial charge in [0.15, 0.2) is 0 Å². The maximum absolute atomic E-state index is 11.4. The van der Waals surface area contributed by atoms with E-state index in [0.717, 1.165) is 11.1 Å². The van der Waals surface area contributed by atoms with Crippen LogP contribution in [0.5, 0.6) is 0 Å². The van der Waals surface area contributed by atoms with Crippen LogP contribution in [0, 0.1) is 0 Å². The second-order valence-electron chi connectivity index (χ2n) is 4.78. The Balaban J connectivity index is 1.86. The second-order valence-corrected chi connectivity index (χ2v) is 4.78. The van der Waals surface area contributed by atoms with Gasteiger partial charge in [-0.1, -0.05) is 18.2 Å². The monoisotopic (exact) mass is 270 g/mol. The molecule has 0 saturated carbocycles. The number of carbonyl (C=O) groups excluding carboxylic acids is 2. The minimum absolute atomic E-state index is 0.242. The highest BCUT2D eigenvalue weighted by molar-refractivity contribution is 5.96. The Morgan fingerprint density at radius 1 is 0.850 bits per heavy atom. The van der Waals surface area contributed by atoms with Gasteiger partial charge in [-0.25, -0.2) is 9.59 Å². The summed E-state index contributed by atoms with van der Waals surface area (Å²) in [5.41, 5.74) is 3.24. The third-order valence-corrected chi connectivity index (χ3v) is 3.33. The molecule has 0 aromatic heterocycles. The summed E-state index contributed by atoms with van der Waals surface area (Å²) in [5, 5.41) is 0. The van der Waals surface area contributed by atoms with E-state index in [9.17, 15) is 9.59 Å². The van der Waals surface area contributed by atoms with Crippen LogP contribution in [0.25, 0.3) is 12.2 Å². The molecule has 0 amide bonds. The number of benzene rings is 1. The number of ether oxygens (including phenoxy) is 2. The van der Waals surface area contributed by atoms with Crippen LogP contribution in [0.1, 0.15) is 24.0 Å². The lowest BCUT2D eigenvalue weighted by atomic mass is 10.0.